The van der Waals surface area contributed by atoms with Crippen LogP contribution in [0.4, 0.5) is 4.79 Å². The fraction of sp³-hybridized carbons (Fsp3) is 0.541. The number of β-lactam (4-membered cyclic amide) rings is 1. The number of ether oxygens (including phenoxy) is 3. The van der Waals surface area contributed by atoms with Crippen molar-refractivity contribution in [2.24, 2.45) is 5.92 Å². The Balaban J connectivity index is 1.28. The van der Waals surface area contributed by atoms with Crippen LogP contribution in [0.1, 0.15) is 65.7 Å². The lowest BCUT2D eigenvalue weighted by Gasteiger charge is -2.31. The third kappa shape index (κ3) is 8.68. The first-order chi connectivity index (χ1) is 25.9. The average Bonchev–Trinajstić information content (AvgIpc) is 4.05. The summed E-state index contributed by atoms with van der Waals surface area (Å²) in [6, 6.07) is 4.41. The molecule has 1 aromatic carbocycles. The van der Waals surface area contributed by atoms with Gasteiger partial charge in [-0.25, -0.2) is 18.2 Å². The molecule has 18 heteroatoms. The van der Waals surface area contributed by atoms with Crippen LogP contribution in [0.25, 0.3) is 10.8 Å². The summed E-state index contributed by atoms with van der Waals surface area (Å²) in [5.74, 6) is -3.03. The highest BCUT2D eigenvalue weighted by Gasteiger charge is 2.62. The number of hydrogen-bond acceptors (Lipinski definition) is 12. The van der Waals surface area contributed by atoms with Gasteiger partial charge in [0.1, 0.15) is 35.1 Å². The molecule has 3 heterocycles. The highest BCUT2D eigenvalue weighted by molar-refractivity contribution is 7.91. The Hall–Kier alpha value is -5.26. The second-order valence-electron chi connectivity index (χ2n) is 15.3. The van der Waals surface area contributed by atoms with Gasteiger partial charge in [0, 0.05) is 43.3 Å². The highest BCUT2D eigenvalue weighted by atomic mass is 32.2. The van der Waals surface area contributed by atoms with Gasteiger partial charge >= 0.3 is 6.09 Å². The molecule has 55 heavy (non-hydrogen) atoms. The molecule has 17 nitrogen and oxygen atoms in total. The van der Waals surface area contributed by atoms with E-state index in [-0.39, 0.29) is 57.0 Å². The Labute approximate surface area is 318 Å². The Morgan fingerprint density at radius 1 is 1.15 bits per heavy atom. The van der Waals surface area contributed by atoms with Crippen LogP contribution in [0.15, 0.2) is 43.1 Å². The quantitative estimate of drug-likeness (QED) is 0.184. The maximum Gasteiger partial charge on any atom is 0.408 e. The van der Waals surface area contributed by atoms with Crippen molar-refractivity contribution in [3.8, 4) is 11.6 Å². The molecule has 0 spiro atoms. The van der Waals surface area contributed by atoms with Crippen LogP contribution in [0.3, 0.4) is 0 Å². The summed E-state index contributed by atoms with van der Waals surface area (Å²) in [5.41, 5.74) is -2.56. The number of nitrogens with zero attached hydrogens (tertiary/aromatic N) is 3. The van der Waals surface area contributed by atoms with E-state index in [0.717, 1.165) is 10.3 Å². The summed E-state index contributed by atoms with van der Waals surface area (Å²) in [4.78, 5) is 86.7. The lowest BCUT2D eigenvalue weighted by molar-refractivity contribution is -0.152. The molecule has 2 aliphatic heterocycles. The maximum atomic E-state index is 14.5. The first kappa shape index (κ1) is 39.4. The Morgan fingerprint density at radius 3 is 2.49 bits per heavy atom. The van der Waals surface area contributed by atoms with Crippen LogP contribution in [0.2, 0.25) is 0 Å². The number of sulfonamides is 1. The third-order valence-corrected chi connectivity index (χ3v) is 11.9. The first-order valence-electron chi connectivity index (χ1n) is 18.2. The van der Waals surface area contributed by atoms with Gasteiger partial charge in [-0.15, -0.1) is 6.58 Å². The molecular formula is C37H46N6O11S. The molecule has 296 valence electrons. The number of imide groups is 1. The van der Waals surface area contributed by atoms with Crippen molar-refractivity contribution in [2.45, 2.75) is 100 Å². The van der Waals surface area contributed by atoms with Crippen molar-refractivity contribution in [1.29, 1.82) is 0 Å². The summed E-state index contributed by atoms with van der Waals surface area (Å²) in [5, 5.41) is 5.97. The molecule has 6 rings (SSSR count). The predicted octanol–water partition coefficient (Wildman–Crippen LogP) is 1.69. The number of likely N-dealkylation sites (tertiary alicyclic amines) is 2. The van der Waals surface area contributed by atoms with Gasteiger partial charge in [0.25, 0.3) is 5.91 Å². The largest absolute Gasteiger partial charge is 0.497 e. The van der Waals surface area contributed by atoms with E-state index in [1.165, 1.54) is 11.0 Å². The van der Waals surface area contributed by atoms with Crippen LogP contribution in [-0.4, -0.2) is 114 Å². The third-order valence-electron chi connectivity index (χ3n) is 10.1. The summed E-state index contributed by atoms with van der Waals surface area (Å²) in [7, 11) is -2.41. The van der Waals surface area contributed by atoms with Crippen molar-refractivity contribution in [3.63, 3.8) is 0 Å². The van der Waals surface area contributed by atoms with Gasteiger partial charge in [0.15, 0.2) is 0 Å². The number of nitrogens with one attached hydrogen (secondary N) is 3. The molecule has 2 aliphatic carbocycles. The summed E-state index contributed by atoms with van der Waals surface area (Å²) in [6.45, 7) is 8.73. The van der Waals surface area contributed by atoms with Crippen LogP contribution < -0.4 is 24.8 Å². The van der Waals surface area contributed by atoms with E-state index < -0.39 is 80.2 Å². The van der Waals surface area contributed by atoms with E-state index in [1.807, 2.05) is 0 Å². The first-order valence-corrected chi connectivity index (χ1v) is 19.7. The van der Waals surface area contributed by atoms with E-state index >= 15 is 0 Å². The number of benzene rings is 1. The fourth-order valence-corrected chi connectivity index (χ4v) is 8.15. The van der Waals surface area contributed by atoms with Crippen molar-refractivity contribution in [2.75, 3.05) is 20.2 Å². The molecule has 4 aliphatic rings. The second-order valence-corrected chi connectivity index (χ2v) is 17.3. The summed E-state index contributed by atoms with van der Waals surface area (Å²) in [6.07, 6.45) is 1.80. The molecule has 3 N–H and O–H groups in total. The predicted molar refractivity (Wildman–Crippen MR) is 196 cm³/mol. The van der Waals surface area contributed by atoms with Crippen LogP contribution in [-0.2, 0) is 38.7 Å². The van der Waals surface area contributed by atoms with Gasteiger partial charge in [-0.2, -0.15) is 0 Å². The number of carbonyl (C=O) groups is 6. The van der Waals surface area contributed by atoms with Crippen LogP contribution in [0.5, 0.6) is 11.6 Å². The Bertz CT molecular complexity index is 2030. The number of aromatic nitrogens is 1. The van der Waals surface area contributed by atoms with Gasteiger partial charge in [0.2, 0.25) is 39.5 Å². The molecule has 2 saturated carbocycles. The number of alkyl carbamates (subject to hydrolysis) is 1. The van der Waals surface area contributed by atoms with Gasteiger partial charge < -0.3 is 29.7 Å². The van der Waals surface area contributed by atoms with E-state index in [1.54, 1.807) is 58.3 Å². The standard InChI is InChI=1S/C37H46N6O11S/c1-6-22-19-37(22,34(48)41-55(50,51)25-8-9-25)40-31(46)28-18-24(53-32-26-10-7-23(52-5)17-21(26)13-15-38-32)20-43(28)33(47)27(39-35(49)54-36(2,3)4)11-12-29(44)42-16-14-30(42)45/h6-7,10,13,15,17,22,24-25,27-28H,1,8-9,11-12,14,16,18-20H2,2-5H3,(H,39,49)(H,40,46)(H,41,48)/t22-,24-,27?,28+,37-/m1/s1. The molecule has 1 unspecified atom stereocenters. The van der Waals surface area contributed by atoms with Gasteiger partial charge in [-0.3, -0.25) is 33.6 Å². The highest BCUT2D eigenvalue weighted by Crippen LogP contribution is 2.45. The lowest BCUT2D eigenvalue weighted by Crippen LogP contribution is -2.58. The monoisotopic (exact) mass is 782 g/mol. The number of hydrogen-bond donors (Lipinski definition) is 3. The fourth-order valence-electron chi connectivity index (χ4n) is 6.79. The van der Waals surface area contributed by atoms with E-state index in [2.05, 4.69) is 26.9 Å². The second kappa shape index (κ2) is 15.1. The SMILES string of the molecule is C=C[C@@H]1C[C@]1(NC(=O)[C@@H]1C[C@@H](Oc2nccc3cc(OC)ccc23)CN1C(=O)C(CCC(=O)N1CCC1=O)NC(=O)OC(C)(C)C)C(=O)NS(=O)(=O)C1CC1. The molecule has 2 saturated heterocycles. The smallest absolute Gasteiger partial charge is 0.408 e. The summed E-state index contributed by atoms with van der Waals surface area (Å²) < 4.78 is 44.6. The van der Waals surface area contributed by atoms with E-state index in [9.17, 15) is 37.2 Å². The van der Waals surface area contributed by atoms with E-state index in [4.69, 9.17) is 14.2 Å². The number of fused-ring (bicyclic) bond motifs is 1. The zero-order valence-electron chi connectivity index (χ0n) is 31.2. The van der Waals surface area contributed by atoms with Crippen molar-refractivity contribution in [3.05, 3.63) is 43.1 Å². The molecule has 2 aromatic rings. The molecule has 0 bridgehead atoms. The van der Waals surface area contributed by atoms with Gasteiger partial charge in [-0.05, 0) is 76.1 Å². The normalized spacial score (nSPS) is 23.9. The molecule has 1 aromatic heterocycles. The number of rotatable bonds is 14. The molecule has 4 fully saturated rings. The molecule has 5 atom stereocenters. The molecule has 0 radical (unpaired) electrons. The average molecular weight is 783 g/mol. The van der Waals surface area contributed by atoms with Crippen LogP contribution in [0, 0.1) is 5.92 Å². The Morgan fingerprint density at radius 2 is 1.89 bits per heavy atom. The van der Waals surface area contributed by atoms with Gasteiger partial charge in [-0.1, -0.05) is 6.08 Å². The topological polar surface area (TPSA) is 220 Å². The maximum absolute atomic E-state index is 14.5. The molecule has 6 amide bonds. The van der Waals surface area contributed by atoms with Crippen molar-refractivity contribution < 1.29 is 51.4 Å². The van der Waals surface area contributed by atoms with Crippen LogP contribution >= 0.6 is 0 Å². The zero-order valence-corrected chi connectivity index (χ0v) is 32.0. The number of methoxy groups -OCH3 is 1. The zero-order chi connectivity index (χ0) is 39.9. The number of pyridine rings is 1. The number of carbonyl (C=O) groups excluding carboxylic acids is 6. The minimum atomic E-state index is -3.95. The number of amides is 6. The van der Waals surface area contributed by atoms with Crippen molar-refractivity contribution >= 4 is 56.4 Å². The summed E-state index contributed by atoms with van der Waals surface area (Å²) >= 11 is 0. The molecular weight excluding hydrogens is 737 g/mol. The van der Waals surface area contributed by atoms with E-state index in [0.29, 0.717) is 24.0 Å². The Kier molecular flexibility index (Phi) is 10.8. The van der Waals surface area contributed by atoms with Crippen molar-refractivity contribution in [1.82, 2.24) is 30.1 Å². The lowest BCUT2D eigenvalue weighted by atomic mass is 10.1. The van der Waals surface area contributed by atoms with Gasteiger partial charge in [0.05, 0.1) is 18.9 Å². The minimum absolute atomic E-state index is 0.0804. The minimum Gasteiger partial charge on any atom is -0.497 e.